The molecule has 0 unspecified atom stereocenters. The molecule has 27 heavy (non-hydrogen) atoms. The molecular formula is C21H18N4O2. The molecule has 0 aliphatic heterocycles. The van der Waals surface area contributed by atoms with Crippen LogP contribution in [0.4, 0.5) is 0 Å². The lowest BCUT2D eigenvalue weighted by molar-refractivity contribution is 0.103. The van der Waals surface area contributed by atoms with Gasteiger partial charge in [0.2, 0.25) is 5.78 Å². The van der Waals surface area contributed by atoms with Gasteiger partial charge in [0, 0.05) is 12.0 Å². The Kier molecular flexibility index (Phi) is 4.38. The van der Waals surface area contributed by atoms with Crippen LogP contribution >= 0.6 is 0 Å². The lowest BCUT2D eigenvalue weighted by Gasteiger charge is -2.07. The molecule has 6 nitrogen and oxygen atoms in total. The van der Waals surface area contributed by atoms with E-state index >= 15 is 0 Å². The topological polar surface area (TPSA) is 69.9 Å². The minimum absolute atomic E-state index is 0.160. The van der Waals surface area contributed by atoms with Crippen LogP contribution in [0.5, 0.6) is 5.75 Å². The van der Waals surface area contributed by atoms with Crippen molar-refractivity contribution in [2.24, 2.45) is 0 Å². The average Bonchev–Trinajstić information content (AvgIpc) is 3.17. The zero-order valence-corrected chi connectivity index (χ0v) is 15.1. The summed E-state index contributed by atoms with van der Waals surface area (Å²) < 4.78 is 6.90. The summed E-state index contributed by atoms with van der Waals surface area (Å²) in [6.45, 7) is 1.96. The Morgan fingerprint density at radius 3 is 2.44 bits per heavy atom. The van der Waals surface area contributed by atoms with Gasteiger partial charge in [-0.1, -0.05) is 25.1 Å². The summed E-state index contributed by atoms with van der Waals surface area (Å²) in [7, 11) is 1.59. The summed E-state index contributed by atoms with van der Waals surface area (Å²) in [5, 5.41) is 5.08. The highest BCUT2D eigenvalue weighted by molar-refractivity contribution is 6.14. The van der Waals surface area contributed by atoms with Gasteiger partial charge in [0.25, 0.3) is 0 Å². The minimum atomic E-state index is -0.160. The first-order valence-corrected chi connectivity index (χ1v) is 8.70. The van der Waals surface area contributed by atoms with Crippen molar-refractivity contribution in [2.75, 3.05) is 7.11 Å². The van der Waals surface area contributed by atoms with Crippen LogP contribution in [-0.4, -0.2) is 32.6 Å². The van der Waals surface area contributed by atoms with Gasteiger partial charge < -0.3 is 4.74 Å². The number of ketones is 1. The third-order valence-corrected chi connectivity index (χ3v) is 4.36. The second-order valence-electron chi connectivity index (χ2n) is 6.03. The smallest absolute Gasteiger partial charge is 0.212 e. The van der Waals surface area contributed by atoms with Crippen LogP contribution in [-0.2, 0) is 6.42 Å². The van der Waals surface area contributed by atoms with Crippen molar-refractivity contribution < 1.29 is 9.53 Å². The lowest BCUT2D eigenvalue weighted by atomic mass is 10.1. The van der Waals surface area contributed by atoms with E-state index in [1.165, 1.54) is 0 Å². The molecule has 2 heterocycles. The van der Waals surface area contributed by atoms with Crippen LogP contribution in [0.25, 0.3) is 16.7 Å². The molecule has 0 atom stereocenters. The second kappa shape index (κ2) is 6.99. The molecular weight excluding hydrogens is 340 g/mol. The molecule has 4 rings (SSSR count). The summed E-state index contributed by atoms with van der Waals surface area (Å²) in [5.41, 5.74) is 2.43. The zero-order chi connectivity index (χ0) is 18.8. The monoisotopic (exact) mass is 358 g/mol. The quantitative estimate of drug-likeness (QED) is 0.510. The number of aryl methyl sites for hydroxylation is 1. The largest absolute Gasteiger partial charge is 0.497 e. The van der Waals surface area contributed by atoms with E-state index in [2.05, 4.69) is 15.1 Å². The number of hydrogen-bond acceptors (Lipinski definition) is 5. The number of nitrogens with zero attached hydrogens (tertiary/aromatic N) is 4. The molecule has 6 heteroatoms. The standard InChI is InChI=1S/C21H18N4O2/c1-3-18-23-19(20(26)14-9-11-16(27-2)12-10-14)17-13-22-25(21(17)24-18)15-7-5-4-6-8-15/h4-13H,3H2,1-2H3. The molecule has 4 aromatic rings. The van der Waals surface area contributed by atoms with Crippen LogP contribution in [0.3, 0.4) is 0 Å². The van der Waals surface area contributed by atoms with Crippen LogP contribution < -0.4 is 4.74 Å². The van der Waals surface area contributed by atoms with Gasteiger partial charge in [-0.25, -0.2) is 14.6 Å². The van der Waals surface area contributed by atoms with Crippen molar-refractivity contribution in [3.8, 4) is 11.4 Å². The van der Waals surface area contributed by atoms with Gasteiger partial charge in [0.1, 0.15) is 17.3 Å². The predicted molar refractivity (Wildman–Crippen MR) is 102 cm³/mol. The number of rotatable bonds is 5. The SMILES string of the molecule is CCc1nc(C(=O)c2ccc(OC)cc2)c2cnn(-c3ccccc3)c2n1. The fourth-order valence-electron chi connectivity index (χ4n) is 2.92. The lowest BCUT2D eigenvalue weighted by Crippen LogP contribution is -2.09. The molecule has 0 radical (unpaired) electrons. The van der Waals surface area contributed by atoms with Crippen molar-refractivity contribution >= 4 is 16.8 Å². The van der Waals surface area contributed by atoms with Crippen molar-refractivity contribution in [3.63, 3.8) is 0 Å². The highest BCUT2D eigenvalue weighted by Gasteiger charge is 2.20. The molecule has 2 aromatic carbocycles. The maximum Gasteiger partial charge on any atom is 0.212 e. The Morgan fingerprint density at radius 2 is 1.78 bits per heavy atom. The number of ether oxygens (including phenoxy) is 1. The Hall–Kier alpha value is -3.54. The van der Waals surface area contributed by atoms with E-state index in [-0.39, 0.29) is 5.78 Å². The molecule has 0 amide bonds. The van der Waals surface area contributed by atoms with Gasteiger partial charge in [-0.3, -0.25) is 4.79 Å². The number of carbonyl (C=O) groups is 1. The number of benzene rings is 2. The van der Waals surface area contributed by atoms with Crippen molar-refractivity contribution in [1.82, 2.24) is 19.7 Å². The number of carbonyl (C=O) groups excluding carboxylic acids is 1. The highest BCUT2D eigenvalue weighted by atomic mass is 16.5. The third kappa shape index (κ3) is 3.06. The Balaban J connectivity index is 1.87. The molecule has 0 aliphatic carbocycles. The van der Waals surface area contributed by atoms with Gasteiger partial charge in [0.05, 0.1) is 24.4 Å². The van der Waals surface area contributed by atoms with E-state index in [0.717, 1.165) is 5.69 Å². The van der Waals surface area contributed by atoms with Crippen LogP contribution in [0, 0.1) is 0 Å². The van der Waals surface area contributed by atoms with E-state index in [0.29, 0.717) is 40.3 Å². The fourth-order valence-corrected chi connectivity index (χ4v) is 2.92. The van der Waals surface area contributed by atoms with Crippen LogP contribution in [0.15, 0.2) is 60.8 Å². The molecule has 2 aromatic heterocycles. The Labute approximate surface area is 156 Å². The molecule has 0 fully saturated rings. The number of methoxy groups -OCH3 is 1. The van der Waals surface area contributed by atoms with Gasteiger partial charge in [-0.2, -0.15) is 5.10 Å². The van der Waals surface area contributed by atoms with Gasteiger partial charge >= 0.3 is 0 Å². The van der Waals surface area contributed by atoms with E-state index in [4.69, 9.17) is 4.74 Å². The van der Waals surface area contributed by atoms with Crippen molar-refractivity contribution in [3.05, 3.63) is 77.9 Å². The molecule has 0 spiro atoms. The molecule has 0 saturated carbocycles. The molecule has 134 valence electrons. The van der Waals surface area contributed by atoms with Crippen LogP contribution in [0.1, 0.15) is 28.8 Å². The normalized spacial score (nSPS) is 10.9. The molecule has 0 saturated heterocycles. The maximum atomic E-state index is 13.1. The molecule has 0 aliphatic rings. The summed E-state index contributed by atoms with van der Waals surface area (Å²) >= 11 is 0. The van der Waals surface area contributed by atoms with Gasteiger partial charge in [-0.05, 0) is 36.4 Å². The first-order valence-electron chi connectivity index (χ1n) is 8.70. The Bertz CT molecular complexity index is 1100. The van der Waals surface area contributed by atoms with Crippen molar-refractivity contribution in [1.29, 1.82) is 0 Å². The maximum absolute atomic E-state index is 13.1. The summed E-state index contributed by atoms with van der Waals surface area (Å²) in [4.78, 5) is 22.2. The Morgan fingerprint density at radius 1 is 1.04 bits per heavy atom. The van der Waals surface area contributed by atoms with Gasteiger partial charge in [0.15, 0.2) is 5.65 Å². The molecule has 0 N–H and O–H groups in total. The number of fused-ring (bicyclic) bond motifs is 1. The average molecular weight is 358 g/mol. The third-order valence-electron chi connectivity index (χ3n) is 4.36. The summed E-state index contributed by atoms with van der Waals surface area (Å²) in [6, 6.07) is 16.7. The zero-order valence-electron chi connectivity index (χ0n) is 15.1. The second-order valence-corrected chi connectivity index (χ2v) is 6.03. The first-order chi connectivity index (χ1) is 13.2. The fraction of sp³-hybridized carbons (Fsp3) is 0.143. The van der Waals surface area contributed by atoms with Crippen LogP contribution in [0.2, 0.25) is 0 Å². The van der Waals surface area contributed by atoms with E-state index < -0.39 is 0 Å². The predicted octanol–water partition coefficient (Wildman–Crippen LogP) is 3.62. The number of para-hydroxylation sites is 1. The van der Waals surface area contributed by atoms with Gasteiger partial charge in [-0.15, -0.1) is 0 Å². The number of aromatic nitrogens is 4. The highest BCUT2D eigenvalue weighted by Crippen LogP contribution is 2.22. The summed E-state index contributed by atoms with van der Waals surface area (Å²) in [6.07, 6.45) is 2.28. The van der Waals surface area contributed by atoms with E-state index in [1.807, 2.05) is 37.3 Å². The molecule has 0 bridgehead atoms. The summed E-state index contributed by atoms with van der Waals surface area (Å²) in [5.74, 6) is 1.15. The number of hydrogen-bond donors (Lipinski definition) is 0. The first kappa shape index (κ1) is 16.9. The van der Waals surface area contributed by atoms with E-state index in [1.54, 1.807) is 42.3 Å². The van der Waals surface area contributed by atoms with E-state index in [9.17, 15) is 4.79 Å². The van der Waals surface area contributed by atoms with Crippen molar-refractivity contribution in [2.45, 2.75) is 13.3 Å². The minimum Gasteiger partial charge on any atom is -0.497 e.